The van der Waals surface area contributed by atoms with Crippen LogP contribution in [-0.2, 0) is 10.1 Å². The van der Waals surface area contributed by atoms with Crippen molar-refractivity contribution in [2.24, 2.45) is 0 Å². The highest BCUT2D eigenvalue weighted by Gasteiger charge is 2.22. The van der Waals surface area contributed by atoms with E-state index in [4.69, 9.17) is 9.29 Å². The second kappa shape index (κ2) is 4.96. The molecule has 1 N–H and O–H groups in total. The third-order valence-electron chi connectivity index (χ3n) is 2.56. The molecule has 2 aromatic carbocycles. The van der Waals surface area contributed by atoms with Crippen LogP contribution >= 0.6 is 0 Å². The first-order chi connectivity index (χ1) is 8.50. The van der Waals surface area contributed by atoms with Crippen molar-refractivity contribution in [3.05, 3.63) is 42.5 Å². The van der Waals surface area contributed by atoms with Gasteiger partial charge in [-0.05, 0) is 23.3 Å². The minimum atomic E-state index is -4.21. The van der Waals surface area contributed by atoms with Crippen LogP contribution in [0.4, 0.5) is 0 Å². The summed E-state index contributed by atoms with van der Waals surface area (Å²) >= 11 is 0. The van der Waals surface area contributed by atoms with Crippen molar-refractivity contribution in [1.82, 2.24) is 0 Å². The van der Waals surface area contributed by atoms with Gasteiger partial charge in [-0.2, -0.15) is 8.42 Å². The first-order valence-electron chi connectivity index (χ1n) is 5.54. The average molecular weight is 265 g/mol. The standard InChI is InChI=1S/C13H13O4S/c1-2-13(18(14,15)16)17-12-8-7-10-5-3-4-6-11(10)9-12/h3-8,13H,2H2,1H3,(H,14,15,16). The maximum atomic E-state index is 11.0. The van der Waals surface area contributed by atoms with E-state index in [1.807, 2.05) is 30.3 Å². The lowest BCUT2D eigenvalue weighted by Gasteiger charge is -2.14. The van der Waals surface area contributed by atoms with E-state index >= 15 is 0 Å². The third-order valence-corrected chi connectivity index (χ3v) is 3.65. The van der Waals surface area contributed by atoms with E-state index in [0.717, 1.165) is 10.8 Å². The van der Waals surface area contributed by atoms with Gasteiger partial charge in [-0.15, -0.1) is 0 Å². The Bertz CT molecular complexity index is 649. The van der Waals surface area contributed by atoms with Crippen molar-refractivity contribution in [3.63, 3.8) is 0 Å². The molecule has 1 atom stereocenters. The molecule has 2 aromatic rings. The van der Waals surface area contributed by atoms with Gasteiger partial charge in [0, 0.05) is 6.07 Å². The van der Waals surface area contributed by atoms with Crippen molar-refractivity contribution in [2.75, 3.05) is 0 Å². The van der Waals surface area contributed by atoms with E-state index in [9.17, 15) is 8.42 Å². The van der Waals surface area contributed by atoms with Crippen LogP contribution in [0.15, 0.2) is 36.4 Å². The minimum Gasteiger partial charge on any atom is -0.471 e. The number of fused-ring (bicyclic) bond motifs is 1. The summed E-state index contributed by atoms with van der Waals surface area (Å²) in [5.41, 5.74) is -1.25. The summed E-state index contributed by atoms with van der Waals surface area (Å²) in [6, 6.07) is 14.0. The zero-order valence-electron chi connectivity index (χ0n) is 9.83. The minimum absolute atomic E-state index is 0.166. The monoisotopic (exact) mass is 265 g/mol. The average Bonchev–Trinajstić information content (AvgIpc) is 2.34. The molecule has 0 amide bonds. The maximum absolute atomic E-state index is 11.0. The molecule has 5 heteroatoms. The van der Waals surface area contributed by atoms with Gasteiger partial charge >= 0.3 is 10.1 Å². The molecule has 4 nitrogen and oxygen atoms in total. The molecule has 0 aliphatic heterocycles. The highest BCUT2D eigenvalue weighted by Crippen LogP contribution is 2.22. The number of hydrogen-bond acceptors (Lipinski definition) is 3. The summed E-state index contributed by atoms with van der Waals surface area (Å²) in [5.74, 6) is 0.304. The lowest BCUT2D eigenvalue weighted by Crippen LogP contribution is -2.26. The van der Waals surface area contributed by atoms with Crippen molar-refractivity contribution in [2.45, 2.75) is 18.8 Å². The quantitative estimate of drug-likeness (QED) is 0.863. The van der Waals surface area contributed by atoms with Crippen LogP contribution in [0.5, 0.6) is 5.75 Å². The molecule has 18 heavy (non-hydrogen) atoms. The Morgan fingerprint density at radius 1 is 1.28 bits per heavy atom. The fourth-order valence-electron chi connectivity index (χ4n) is 1.66. The molecule has 1 unspecified atom stereocenters. The summed E-state index contributed by atoms with van der Waals surface area (Å²) in [6.45, 7) is 1.62. The number of rotatable bonds is 4. The molecule has 0 saturated carbocycles. The van der Waals surface area contributed by atoms with Crippen LogP contribution < -0.4 is 4.74 Å². The molecular weight excluding hydrogens is 252 g/mol. The predicted molar refractivity (Wildman–Crippen MR) is 69.0 cm³/mol. The summed E-state index contributed by atoms with van der Waals surface area (Å²) in [4.78, 5) is 0. The lowest BCUT2D eigenvalue weighted by molar-refractivity contribution is 0.252. The number of ether oxygens (including phenoxy) is 1. The number of hydrogen-bond donors (Lipinski definition) is 1. The largest absolute Gasteiger partial charge is 0.471 e. The first kappa shape index (κ1) is 12.9. The number of benzene rings is 2. The highest BCUT2D eigenvalue weighted by molar-refractivity contribution is 7.86. The first-order valence-corrected chi connectivity index (χ1v) is 7.05. The Hall–Kier alpha value is -1.59. The Labute approximate surface area is 106 Å². The van der Waals surface area contributed by atoms with Gasteiger partial charge in [-0.1, -0.05) is 37.3 Å². The van der Waals surface area contributed by atoms with Crippen LogP contribution in [0, 0.1) is 6.07 Å². The van der Waals surface area contributed by atoms with E-state index in [0.29, 0.717) is 5.75 Å². The van der Waals surface area contributed by atoms with E-state index in [2.05, 4.69) is 6.07 Å². The third kappa shape index (κ3) is 2.80. The van der Waals surface area contributed by atoms with E-state index in [1.165, 1.54) is 0 Å². The maximum Gasteiger partial charge on any atom is 0.303 e. The molecule has 1 radical (unpaired) electrons. The Kier molecular flexibility index (Phi) is 3.54. The van der Waals surface area contributed by atoms with Gasteiger partial charge in [0.05, 0.1) is 0 Å². The fourth-order valence-corrected chi connectivity index (χ4v) is 2.31. The van der Waals surface area contributed by atoms with Crippen molar-refractivity contribution < 1.29 is 17.7 Å². The normalized spacial score (nSPS) is 13.4. The van der Waals surface area contributed by atoms with Gasteiger partial charge in [0.1, 0.15) is 5.75 Å². The second-order valence-electron chi connectivity index (χ2n) is 3.88. The van der Waals surface area contributed by atoms with Crippen molar-refractivity contribution in [3.8, 4) is 5.75 Å². The van der Waals surface area contributed by atoms with Crippen LogP contribution in [-0.4, -0.2) is 18.4 Å². The Morgan fingerprint density at radius 3 is 2.67 bits per heavy atom. The molecule has 0 aromatic heterocycles. The molecule has 0 saturated heterocycles. The summed E-state index contributed by atoms with van der Waals surface area (Å²) in [6.07, 6.45) is 0.166. The summed E-state index contributed by atoms with van der Waals surface area (Å²) in [7, 11) is -4.21. The lowest BCUT2D eigenvalue weighted by atomic mass is 10.1. The molecule has 0 spiro atoms. The molecule has 0 aliphatic rings. The Balaban J connectivity index is 2.32. The molecular formula is C13H13O4S. The smallest absolute Gasteiger partial charge is 0.303 e. The predicted octanol–water partition coefficient (Wildman–Crippen LogP) is 2.64. The van der Waals surface area contributed by atoms with Crippen LogP contribution in [0.1, 0.15) is 13.3 Å². The molecule has 0 bridgehead atoms. The topological polar surface area (TPSA) is 63.6 Å². The van der Waals surface area contributed by atoms with Gasteiger partial charge in [0.15, 0.2) is 0 Å². The zero-order valence-corrected chi connectivity index (χ0v) is 10.6. The van der Waals surface area contributed by atoms with Gasteiger partial charge in [-0.25, -0.2) is 0 Å². The van der Waals surface area contributed by atoms with Gasteiger partial charge < -0.3 is 4.74 Å². The van der Waals surface area contributed by atoms with Crippen LogP contribution in [0.25, 0.3) is 10.8 Å². The molecule has 0 aliphatic carbocycles. The Morgan fingerprint density at radius 2 is 2.00 bits per heavy atom. The SMILES string of the molecule is CCC(Oc1[c]c2ccccc2cc1)S(=O)(=O)O. The fraction of sp³-hybridized carbons (Fsp3) is 0.231. The van der Waals surface area contributed by atoms with E-state index in [1.54, 1.807) is 13.0 Å². The van der Waals surface area contributed by atoms with Crippen molar-refractivity contribution in [1.29, 1.82) is 0 Å². The summed E-state index contributed by atoms with van der Waals surface area (Å²) < 4.78 is 36.3. The zero-order chi connectivity index (χ0) is 13.2. The van der Waals surface area contributed by atoms with E-state index in [-0.39, 0.29) is 6.42 Å². The summed E-state index contributed by atoms with van der Waals surface area (Å²) in [5, 5.41) is 1.82. The molecule has 0 heterocycles. The van der Waals surface area contributed by atoms with Crippen LogP contribution in [0.2, 0.25) is 0 Å². The van der Waals surface area contributed by atoms with Gasteiger partial charge in [0.2, 0.25) is 5.44 Å². The van der Waals surface area contributed by atoms with Gasteiger partial charge in [0.25, 0.3) is 0 Å². The van der Waals surface area contributed by atoms with Crippen LogP contribution in [0.3, 0.4) is 0 Å². The molecule has 0 fully saturated rings. The second-order valence-corrected chi connectivity index (χ2v) is 5.44. The molecule has 2 rings (SSSR count). The molecule has 95 valence electrons. The van der Waals surface area contributed by atoms with Gasteiger partial charge in [-0.3, -0.25) is 4.55 Å². The van der Waals surface area contributed by atoms with Crippen molar-refractivity contribution >= 4 is 20.9 Å². The van der Waals surface area contributed by atoms with E-state index < -0.39 is 15.6 Å². The highest BCUT2D eigenvalue weighted by atomic mass is 32.2.